The van der Waals surface area contributed by atoms with Gasteiger partial charge in [0, 0.05) is 24.0 Å². The number of hydrogen-bond acceptors (Lipinski definition) is 1. The van der Waals surface area contributed by atoms with Gasteiger partial charge in [0.2, 0.25) is 0 Å². The van der Waals surface area contributed by atoms with Crippen molar-refractivity contribution in [2.24, 2.45) is 0 Å². The maximum Gasteiger partial charge on any atom is 0.300 e. The third kappa shape index (κ3) is 9150. The molecule has 9 N–H and O–H groups in total. The molecule has 0 amide bonds. The third-order valence-electron chi connectivity index (χ3n) is 0. The summed E-state index contributed by atoms with van der Waals surface area (Å²) in [6.45, 7) is 1.08. The zero-order valence-corrected chi connectivity index (χ0v) is 5.81. The fourth-order valence-corrected chi connectivity index (χ4v) is 0. The Labute approximate surface area is 62.6 Å². The molecule has 0 heterocycles. The number of rotatable bonds is 0. The van der Waals surface area contributed by atoms with Crippen molar-refractivity contribution in [1.29, 1.82) is 0 Å². The van der Waals surface area contributed by atoms with Gasteiger partial charge in [-0.1, -0.05) is 0 Å². The van der Waals surface area contributed by atoms with Crippen molar-refractivity contribution in [3.05, 3.63) is 0 Å². The van der Waals surface area contributed by atoms with E-state index in [-0.39, 0.29) is 39.0 Å². The van der Waals surface area contributed by atoms with Crippen molar-refractivity contribution in [1.82, 2.24) is 0 Å². The van der Waals surface area contributed by atoms with Crippen LogP contribution < -0.4 is 0 Å². The van der Waals surface area contributed by atoms with Crippen molar-refractivity contribution in [2.75, 3.05) is 0 Å². The normalized spacial score (nSPS) is 2.78. The summed E-state index contributed by atoms with van der Waals surface area (Å²) in [5.41, 5.74) is 0. The van der Waals surface area contributed by atoms with E-state index in [1.54, 1.807) is 0 Å². The number of carboxylic acid groups (broad SMARTS) is 1. The fraction of sp³-hybridized carbons (Fsp3) is 0.500. The van der Waals surface area contributed by atoms with E-state index < -0.39 is 5.97 Å². The fourth-order valence-electron chi connectivity index (χ4n) is 0. The molecule has 0 aromatic carbocycles. The van der Waals surface area contributed by atoms with Crippen molar-refractivity contribution in [3.63, 3.8) is 0 Å². The molecule has 0 rings (SSSR count). The number of carbonyl (C=O) groups is 1. The van der Waals surface area contributed by atoms with Crippen LogP contribution in [-0.2, 0) is 21.9 Å². The molecule has 0 radical (unpaired) electrons. The Morgan fingerprint density at radius 1 is 1.11 bits per heavy atom. The van der Waals surface area contributed by atoms with Gasteiger partial charge in [-0.15, -0.1) is 0 Å². The molecule has 0 atom stereocenters. The van der Waals surface area contributed by atoms with Gasteiger partial charge in [-0.2, -0.15) is 0 Å². The molecule has 6 nitrogen and oxygen atoms in total. The first kappa shape index (κ1) is 67.6. The summed E-state index contributed by atoms with van der Waals surface area (Å²) in [6, 6.07) is 0. The number of hydrogen-bond donors (Lipinski definition) is 1. The molecule has 0 bridgehead atoms. The van der Waals surface area contributed by atoms with Crippen molar-refractivity contribution in [3.8, 4) is 0 Å². The molecule has 0 aromatic rings. The van der Waals surface area contributed by atoms with Crippen LogP contribution in [0.3, 0.4) is 0 Å². The molecule has 0 aliphatic rings. The first-order valence-electron chi connectivity index (χ1n) is 0.928. The van der Waals surface area contributed by atoms with Gasteiger partial charge in [0.05, 0.1) is 0 Å². The molecule has 0 aliphatic carbocycles. The minimum absolute atomic E-state index is 0. The van der Waals surface area contributed by atoms with Crippen LogP contribution >= 0.6 is 0 Å². The minimum Gasteiger partial charge on any atom is -0.481 e. The summed E-state index contributed by atoms with van der Waals surface area (Å²) in [5.74, 6) is -0.833. The summed E-state index contributed by atoms with van der Waals surface area (Å²) < 4.78 is 0. The zero-order chi connectivity index (χ0) is 3.58. The summed E-state index contributed by atoms with van der Waals surface area (Å²) in [5, 5.41) is 7.42. The predicted octanol–water partition coefficient (Wildman–Crippen LogP) is -3.21. The van der Waals surface area contributed by atoms with Crippen LogP contribution in [-0.4, -0.2) is 33.0 Å². The Morgan fingerprint density at radius 3 is 1.11 bits per heavy atom. The Morgan fingerprint density at radius 2 is 1.11 bits per heavy atom. The van der Waals surface area contributed by atoms with Gasteiger partial charge < -0.3 is 27.0 Å². The van der Waals surface area contributed by atoms with Gasteiger partial charge in [0.15, 0.2) is 0 Å². The molecule has 0 spiro atoms. The first-order valence-corrected chi connectivity index (χ1v) is 0.928. The van der Waals surface area contributed by atoms with Crippen molar-refractivity contribution >= 4 is 5.97 Å². The van der Waals surface area contributed by atoms with E-state index in [9.17, 15) is 0 Å². The molecule has 0 aliphatic heterocycles. The largest absolute Gasteiger partial charge is 0.481 e. The van der Waals surface area contributed by atoms with E-state index >= 15 is 0 Å². The van der Waals surface area contributed by atoms with Crippen LogP contribution in [0.1, 0.15) is 6.92 Å². The van der Waals surface area contributed by atoms with Gasteiger partial charge in [-0.3, -0.25) is 4.79 Å². The number of aliphatic carboxylic acids is 1. The van der Waals surface area contributed by atoms with Crippen molar-refractivity contribution in [2.45, 2.75) is 6.92 Å². The van der Waals surface area contributed by atoms with Gasteiger partial charge in [0.1, 0.15) is 0 Å². The molecule has 0 fully saturated rings. The molecule has 64 valence electrons. The minimum atomic E-state index is -0.833. The average molecular weight is 188 g/mol. The van der Waals surface area contributed by atoms with E-state index in [4.69, 9.17) is 9.90 Å². The molecule has 0 aromatic heterocycles. The van der Waals surface area contributed by atoms with Crippen LogP contribution in [0.4, 0.5) is 0 Å². The maximum absolute atomic E-state index is 9.00. The van der Waals surface area contributed by atoms with Gasteiger partial charge in [-0.25, -0.2) is 0 Å². The third-order valence-corrected chi connectivity index (χ3v) is 0. The molecular weight excluding hydrogens is 176 g/mol. The second-order valence-corrected chi connectivity index (χ2v) is 0.519. The number of carboxylic acids is 1. The van der Waals surface area contributed by atoms with Crippen LogP contribution in [0.2, 0.25) is 0 Å². The SMILES string of the molecule is CC(=O)O.O.O.O.O.[Fe]. The average Bonchev–Trinajstić information content (AvgIpc) is 0.811. The van der Waals surface area contributed by atoms with Crippen LogP contribution in [0.5, 0.6) is 0 Å². The second-order valence-electron chi connectivity index (χ2n) is 0.519. The van der Waals surface area contributed by atoms with Gasteiger partial charge in [-0.05, 0) is 0 Å². The Balaban J connectivity index is -0.00000000450. The quantitative estimate of drug-likeness (QED) is 0.395. The topological polar surface area (TPSA) is 163 Å². The molecule has 0 saturated heterocycles. The Bertz CT molecular complexity index is 34.0. The predicted molar refractivity (Wildman–Crippen MR) is 27.8 cm³/mol. The molecule has 0 saturated carbocycles. The standard InChI is InChI=1S/C2H4O2.Fe.4H2O/c1-2(3)4;;;;;/h1H3,(H,3,4);;4*1H2. The van der Waals surface area contributed by atoms with E-state index in [1.165, 1.54) is 0 Å². The zero-order valence-electron chi connectivity index (χ0n) is 4.71. The van der Waals surface area contributed by atoms with Crippen molar-refractivity contribution < 1.29 is 48.9 Å². The van der Waals surface area contributed by atoms with E-state index in [0.29, 0.717) is 0 Å². The monoisotopic (exact) mass is 188 g/mol. The van der Waals surface area contributed by atoms with E-state index in [0.717, 1.165) is 6.92 Å². The summed E-state index contributed by atoms with van der Waals surface area (Å²) in [6.07, 6.45) is 0. The summed E-state index contributed by atoms with van der Waals surface area (Å²) in [7, 11) is 0. The Hall–Kier alpha value is -0.171. The molecular formula is C2H12FeO6. The molecule has 0 unspecified atom stereocenters. The van der Waals surface area contributed by atoms with Gasteiger partial charge >= 0.3 is 0 Å². The maximum atomic E-state index is 9.00. The van der Waals surface area contributed by atoms with E-state index in [1.807, 2.05) is 0 Å². The molecule has 7 heteroatoms. The van der Waals surface area contributed by atoms with Crippen LogP contribution in [0.15, 0.2) is 0 Å². The van der Waals surface area contributed by atoms with Crippen LogP contribution in [0, 0.1) is 0 Å². The second kappa shape index (κ2) is 45.6. The first-order chi connectivity index (χ1) is 1.73. The molecule has 9 heavy (non-hydrogen) atoms. The summed E-state index contributed by atoms with van der Waals surface area (Å²) in [4.78, 5) is 9.00. The smallest absolute Gasteiger partial charge is 0.300 e. The van der Waals surface area contributed by atoms with Gasteiger partial charge in [0.25, 0.3) is 5.97 Å². The van der Waals surface area contributed by atoms with E-state index in [2.05, 4.69) is 0 Å². The summed E-state index contributed by atoms with van der Waals surface area (Å²) >= 11 is 0. The Kier molecular flexibility index (Phi) is 343. The van der Waals surface area contributed by atoms with Crippen LogP contribution in [0.25, 0.3) is 0 Å².